The van der Waals surface area contributed by atoms with Crippen LogP contribution in [0, 0.1) is 0 Å². The number of aromatic nitrogens is 1. The first-order chi connectivity index (χ1) is 11.2. The van der Waals surface area contributed by atoms with E-state index in [1.807, 2.05) is 30.3 Å². The molecule has 0 fully saturated rings. The van der Waals surface area contributed by atoms with Gasteiger partial charge < -0.3 is 14.0 Å². The fourth-order valence-electron chi connectivity index (χ4n) is 2.49. The number of methoxy groups -OCH3 is 2. The smallest absolute Gasteiger partial charge is 0.343 e. The van der Waals surface area contributed by atoms with Gasteiger partial charge in [0.1, 0.15) is 11.3 Å². The molecular formula is C18H15NO4. The first-order valence-corrected chi connectivity index (χ1v) is 7.03. The summed E-state index contributed by atoms with van der Waals surface area (Å²) in [4.78, 5) is 24.5. The normalized spacial score (nSPS) is 10.5. The number of para-hydroxylation sites is 1. The summed E-state index contributed by atoms with van der Waals surface area (Å²) in [6, 6.07) is 14.6. The van der Waals surface area contributed by atoms with Gasteiger partial charge >= 0.3 is 5.97 Å². The lowest BCUT2D eigenvalue weighted by Crippen LogP contribution is -2.19. The van der Waals surface area contributed by atoms with Crippen LogP contribution < -0.4 is 10.2 Å². The molecule has 0 atom stereocenters. The Hall–Kier alpha value is -3.08. The summed E-state index contributed by atoms with van der Waals surface area (Å²) in [5.74, 6) is -0.0233. The Labute approximate surface area is 132 Å². The van der Waals surface area contributed by atoms with Crippen LogP contribution in [0.5, 0.6) is 5.75 Å². The maximum Gasteiger partial charge on any atom is 0.343 e. The van der Waals surface area contributed by atoms with Crippen LogP contribution in [0.2, 0.25) is 0 Å². The van der Waals surface area contributed by atoms with Crippen LogP contribution >= 0.6 is 0 Å². The second kappa shape index (κ2) is 5.96. The minimum atomic E-state index is -0.655. The van der Waals surface area contributed by atoms with Gasteiger partial charge in [-0.25, -0.2) is 4.79 Å². The Balaban J connectivity index is 2.42. The Morgan fingerprint density at radius 1 is 1.04 bits per heavy atom. The van der Waals surface area contributed by atoms with Crippen molar-refractivity contribution in [1.29, 1.82) is 0 Å². The maximum absolute atomic E-state index is 12.6. The molecule has 3 aromatic rings. The van der Waals surface area contributed by atoms with E-state index in [-0.39, 0.29) is 11.0 Å². The van der Waals surface area contributed by atoms with Gasteiger partial charge in [0.05, 0.1) is 19.7 Å². The second-order valence-electron chi connectivity index (χ2n) is 4.95. The molecule has 2 aromatic carbocycles. The number of carbonyl (C=O) groups excluding carboxylic acids is 1. The molecule has 0 saturated heterocycles. The third-order valence-electron chi connectivity index (χ3n) is 3.65. The molecule has 0 unspecified atom stereocenters. The van der Waals surface area contributed by atoms with E-state index in [0.29, 0.717) is 16.7 Å². The lowest BCUT2D eigenvalue weighted by atomic mass is 10.1. The molecular weight excluding hydrogens is 294 g/mol. The highest BCUT2D eigenvalue weighted by Gasteiger charge is 2.17. The lowest BCUT2D eigenvalue weighted by Gasteiger charge is -2.13. The lowest BCUT2D eigenvalue weighted by molar-refractivity contribution is 0.0599. The average molecular weight is 309 g/mol. The molecule has 0 aliphatic rings. The number of ether oxygens (including phenoxy) is 2. The second-order valence-corrected chi connectivity index (χ2v) is 4.95. The van der Waals surface area contributed by atoms with Gasteiger partial charge in [0.2, 0.25) is 5.43 Å². The monoisotopic (exact) mass is 309 g/mol. The molecule has 0 amide bonds. The van der Waals surface area contributed by atoms with Gasteiger partial charge in [0.25, 0.3) is 0 Å². The van der Waals surface area contributed by atoms with Crippen molar-refractivity contribution < 1.29 is 14.3 Å². The van der Waals surface area contributed by atoms with Gasteiger partial charge in [-0.1, -0.05) is 18.2 Å². The number of hydrogen-bond donors (Lipinski definition) is 0. The van der Waals surface area contributed by atoms with E-state index >= 15 is 0 Å². The van der Waals surface area contributed by atoms with Crippen LogP contribution in [0.15, 0.2) is 59.5 Å². The first-order valence-electron chi connectivity index (χ1n) is 7.03. The summed E-state index contributed by atoms with van der Waals surface area (Å²) in [6.07, 6.45) is 1.51. The molecule has 5 nitrogen and oxygen atoms in total. The van der Waals surface area contributed by atoms with Gasteiger partial charge in [-0.2, -0.15) is 0 Å². The molecule has 5 heteroatoms. The quantitative estimate of drug-likeness (QED) is 0.698. The highest BCUT2D eigenvalue weighted by Crippen LogP contribution is 2.22. The molecule has 1 heterocycles. The van der Waals surface area contributed by atoms with Crippen LogP contribution in [-0.4, -0.2) is 24.8 Å². The van der Waals surface area contributed by atoms with Crippen LogP contribution in [0.3, 0.4) is 0 Å². The summed E-state index contributed by atoms with van der Waals surface area (Å²) in [5.41, 5.74) is 1.12. The van der Waals surface area contributed by atoms with Crippen molar-refractivity contribution >= 4 is 16.9 Å². The van der Waals surface area contributed by atoms with Crippen molar-refractivity contribution in [1.82, 2.24) is 4.57 Å². The zero-order valence-electron chi connectivity index (χ0n) is 12.8. The molecule has 0 radical (unpaired) electrons. The molecule has 0 N–H and O–H groups in total. The fraction of sp³-hybridized carbons (Fsp3) is 0.111. The third-order valence-corrected chi connectivity index (χ3v) is 3.65. The van der Waals surface area contributed by atoms with Gasteiger partial charge in [-0.3, -0.25) is 4.79 Å². The number of rotatable bonds is 3. The number of hydrogen-bond acceptors (Lipinski definition) is 4. The van der Waals surface area contributed by atoms with Crippen LogP contribution in [-0.2, 0) is 4.74 Å². The van der Waals surface area contributed by atoms with E-state index in [9.17, 15) is 9.59 Å². The number of carbonyl (C=O) groups is 1. The third kappa shape index (κ3) is 2.57. The molecule has 3 rings (SSSR count). The first kappa shape index (κ1) is 14.8. The van der Waals surface area contributed by atoms with E-state index in [1.54, 1.807) is 29.9 Å². The highest BCUT2D eigenvalue weighted by atomic mass is 16.5. The highest BCUT2D eigenvalue weighted by molar-refractivity contribution is 5.94. The van der Waals surface area contributed by atoms with E-state index in [1.165, 1.54) is 13.3 Å². The van der Waals surface area contributed by atoms with Gasteiger partial charge in [-0.15, -0.1) is 0 Å². The summed E-state index contributed by atoms with van der Waals surface area (Å²) in [6.45, 7) is 0. The maximum atomic E-state index is 12.6. The number of esters is 1. The van der Waals surface area contributed by atoms with Crippen molar-refractivity contribution in [3.05, 3.63) is 70.5 Å². The van der Waals surface area contributed by atoms with Crippen molar-refractivity contribution in [2.45, 2.75) is 0 Å². The average Bonchev–Trinajstić information content (AvgIpc) is 2.61. The summed E-state index contributed by atoms with van der Waals surface area (Å²) in [5, 5.41) is 0.428. The molecule has 0 saturated carbocycles. The van der Waals surface area contributed by atoms with Crippen molar-refractivity contribution in [3.63, 3.8) is 0 Å². The summed E-state index contributed by atoms with van der Waals surface area (Å²) < 4.78 is 11.8. The standard InChI is InChI=1S/C18H15NO4/c1-22-13-8-9-14-16(10-13)19(12-6-4-3-5-7-12)11-15(17(14)20)18(21)23-2/h3-11H,1-2H3. The van der Waals surface area contributed by atoms with Crippen molar-refractivity contribution in [3.8, 4) is 11.4 Å². The Morgan fingerprint density at radius 3 is 2.43 bits per heavy atom. The van der Waals surface area contributed by atoms with E-state index in [0.717, 1.165) is 5.69 Å². The molecule has 0 bridgehead atoms. The molecule has 1 aromatic heterocycles. The van der Waals surface area contributed by atoms with E-state index in [4.69, 9.17) is 9.47 Å². The van der Waals surface area contributed by atoms with Crippen molar-refractivity contribution in [2.75, 3.05) is 14.2 Å². The van der Waals surface area contributed by atoms with Gasteiger partial charge in [-0.05, 0) is 24.3 Å². The fourth-order valence-corrected chi connectivity index (χ4v) is 2.49. The van der Waals surface area contributed by atoms with E-state index < -0.39 is 5.97 Å². The SMILES string of the molecule is COC(=O)c1cn(-c2ccccc2)c2cc(OC)ccc2c1=O. The number of nitrogens with zero attached hydrogens (tertiary/aromatic N) is 1. The predicted octanol–water partition coefficient (Wildman–Crippen LogP) is 2.79. The van der Waals surface area contributed by atoms with Crippen LogP contribution in [0.1, 0.15) is 10.4 Å². The predicted molar refractivity (Wildman–Crippen MR) is 87.4 cm³/mol. The Bertz CT molecular complexity index is 929. The Morgan fingerprint density at radius 2 is 1.78 bits per heavy atom. The van der Waals surface area contributed by atoms with Crippen molar-refractivity contribution in [2.24, 2.45) is 0 Å². The molecule has 0 spiro atoms. The largest absolute Gasteiger partial charge is 0.497 e. The molecule has 0 aliphatic carbocycles. The zero-order chi connectivity index (χ0) is 16.4. The van der Waals surface area contributed by atoms with Crippen LogP contribution in [0.4, 0.5) is 0 Å². The summed E-state index contributed by atoms with van der Waals surface area (Å²) in [7, 11) is 2.82. The molecule has 116 valence electrons. The molecule has 23 heavy (non-hydrogen) atoms. The number of fused-ring (bicyclic) bond motifs is 1. The zero-order valence-corrected chi connectivity index (χ0v) is 12.8. The number of benzene rings is 2. The van der Waals surface area contributed by atoms with Gasteiger partial charge in [0, 0.05) is 23.3 Å². The van der Waals surface area contributed by atoms with E-state index in [2.05, 4.69) is 0 Å². The minimum absolute atomic E-state index is 0.00554. The molecule has 0 aliphatic heterocycles. The van der Waals surface area contributed by atoms with Crippen LogP contribution in [0.25, 0.3) is 16.6 Å². The summed E-state index contributed by atoms with van der Waals surface area (Å²) >= 11 is 0. The minimum Gasteiger partial charge on any atom is -0.497 e. The Kier molecular flexibility index (Phi) is 3.85. The topological polar surface area (TPSA) is 57.5 Å². The van der Waals surface area contributed by atoms with Gasteiger partial charge in [0.15, 0.2) is 0 Å². The number of pyridine rings is 1.